The predicted molar refractivity (Wildman–Crippen MR) is 263 cm³/mol. The number of aryl methyl sites for hydroxylation is 2. The van der Waals surface area contributed by atoms with Gasteiger partial charge in [-0.3, -0.25) is 24.4 Å². The molecule has 0 unspecified atom stereocenters. The first kappa shape index (κ1) is 45.4. The molecule has 6 aliphatic heterocycles. The fourth-order valence-electron chi connectivity index (χ4n) is 9.16. The Morgan fingerprint density at radius 3 is 1.64 bits per heavy atom. The molecule has 0 bridgehead atoms. The van der Waals surface area contributed by atoms with Crippen LogP contribution >= 0.6 is 0 Å². The van der Waals surface area contributed by atoms with Gasteiger partial charge in [-0.05, 0) is 112 Å². The van der Waals surface area contributed by atoms with Crippen LogP contribution in [0.5, 0.6) is 34.5 Å². The monoisotopic (exact) mass is 936 g/mol. The van der Waals surface area contributed by atoms with Gasteiger partial charge in [-0.2, -0.15) is 0 Å². The van der Waals surface area contributed by atoms with E-state index in [1.807, 2.05) is 86.6 Å². The van der Waals surface area contributed by atoms with Gasteiger partial charge in [-0.1, -0.05) is 0 Å². The van der Waals surface area contributed by atoms with E-state index in [4.69, 9.17) is 34.2 Å². The maximum atomic E-state index is 11.6. The van der Waals surface area contributed by atoms with E-state index in [2.05, 4.69) is 47.9 Å². The summed E-state index contributed by atoms with van der Waals surface area (Å²) in [7, 11) is 0. The number of rotatable bonds is 6. The number of nitrogens with two attached hydrogens (primary N) is 1. The van der Waals surface area contributed by atoms with Crippen molar-refractivity contribution in [1.82, 2.24) is 15.3 Å². The number of nitrogens with zero attached hydrogens (tertiary/aromatic N) is 4. The lowest BCUT2D eigenvalue weighted by molar-refractivity contribution is -0.120. The highest BCUT2D eigenvalue weighted by atomic mass is 16.6. The fourth-order valence-corrected chi connectivity index (χ4v) is 9.16. The first-order chi connectivity index (χ1) is 33.6. The van der Waals surface area contributed by atoms with E-state index >= 15 is 0 Å². The highest BCUT2D eigenvalue weighted by molar-refractivity contribution is 5.97. The Hall–Kier alpha value is -7.37. The van der Waals surface area contributed by atoms with Crippen molar-refractivity contribution in [3.63, 3.8) is 0 Å². The Morgan fingerprint density at radius 2 is 1.10 bits per heavy atom. The van der Waals surface area contributed by atoms with Gasteiger partial charge in [0.05, 0.1) is 22.4 Å². The van der Waals surface area contributed by atoms with Gasteiger partial charge in [0.1, 0.15) is 42.7 Å². The van der Waals surface area contributed by atoms with E-state index in [0.717, 1.165) is 125 Å². The number of piperidine rings is 2. The third-order valence-electron chi connectivity index (χ3n) is 12.9. The molecule has 358 valence electrons. The first-order valence-corrected chi connectivity index (χ1v) is 23.6. The topological polar surface area (TPSA) is 201 Å². The molecular weight excluding hydrogens is 881 g/mol. The Labute approximate surface area is 399 Å². The highest BCUT2D eigenvalue weighted by Crippen LogP contribution is 2.40. The van der Waals surface area contributed by atoms with Crippen LogP contribution in [-0.4, -0.2) is 112 Å². The molecule has 0 saturated carbocycles. The van der Waals surface area contributed by atoms with Crippen LogP contribution in [-0.2, 0) is 14.4 Å². The zero-order chi connectivity index (χ0) is 47.4. The van der Waals surface area contributed by atoms with Gasteiger partial charge >= 0.3 is 0 Å². The third kappa shape index (κ3) is 10.4. The van der Waals surface area contributed by atoms with E-state index in [1.165, 1.54) is 0 Å². The molecule has 2 aromatic heterocycles. The second-order valence-corrected chi connectivity index (χ2v) is 17.9. The van der Waals surface area contributed by atoms with Gasteiger partial charge in [0.2, 0.25) is 0 Å². The molecular formula is C52H56N8O9. The predicted octanol–water partition coefficient (Wildman–Crippen LogP) is 6.10. The fraction of sp³-hybridized carbons (Fsp3) is 0.365. The number of amides is 2. The molecule has 2 fully saturated rings. The van der Waals surface area contributed by atoms with Crippen LogP contribution < -0.4 is 59.9 Å². The number of nitrogens with one attached hydrogen (secondary N) is 3. The summed E-state index contributed by atoms with van der Waals surface area (Å²) in [6.07, 6.45) is 3.16. The number of Topliss-reactive ketones (excluding diaryl/α,β-unsaturated/α-hetero) is 1. The third-order valence-corrected chi connectivity index (χ3v) is 12.9. The molecule has 12 rings (SSSR count). The molecule has 0 spiro atoms. The molecule has 4 aromatic carbocycles. The van der Waals surface area contributed by atoms with E-state index < -0.39 is 0 Å². The smallest absolute Gasteiger partial charge is 0.262 e. The van der Waals surface area contributed by atoms with Crippen molar-refractivity contribution < 1.29 is 42.8 Å². The standard InChI is InChI=1S/C26H28N4O4.C13H14N2O3.C13H14N2O2/c1-16-2-4-20-21(28-16)5-7-24-26(20)34-19(14-32-24)13-27-17-8-10-30(11-9-17)18-3-6-23-22(12-18)29-25(31)15-33-23;16-10-3-5-15(6-4-10)9-1-2-12-11(7-9)14-13(17)8-18-12;1-8-2-3-10-11(15-8)4-5-12-13(10)17-9(6-14)7-16-12/h2-7,12,17,19,27H,8-11,13-15H2,1H3,(H,29,31);1-2,7H,3-6,8H2,(H,14,17);2-5,9H,6-7,14H2,1H3/t19-;;9-/m0.0/s1. The van der Waals surface area contributed by atoms with Gasteiger partial charge in [-0.15, -0.1) is 0 Å². The minimum atomic E-state index is -0.131. The lowest BCUT2D eigenvalue weighted by Crippen LogP contribution is -2.47. The van der Waals surface area contributed by atoms with Crippen LogP contribution in [0, 0.1) is 13.8 Å². The molecule has 5 N–H and O–H groups in total. The van der Waals surface area contributed by atoms with E-state index in [-0.39, 0.29) is 37.2 Å². The van der Waals surface area contributed by atoms with Crippen molar-refractivity contribution in [2.24, 2.45) is 5.73 Å². The Balaban J connectivity index is 0.000000133. The maximum Gasteiger partial charge on any atom is 0.262 e. The molecule has 0 aliphatic carbocycles. The van der Waals surface area contributed by atoms with E-state index in [0.29, 0.717) is 55.9 Å². The minimum absolute atomic E-state index is 0.0401. The van der Waals surface area contributed by atoms with Gasteiger partial charge in [0.25, 0.3) is 11.8 Å². The quantitative estimate of drug-likeness (QED) is 0.149. The van der Waals surface area contributed by atoms with Crippen LogP contribution in [0.25, 0.3) is 21.8 Å². The number of carbonyl (C=O) groups excluding carboxylic acids is 3. The second kappa shape index (κ2) is 20.1. The summed E-state index contributed by atoms with van der Waals surface area (Å²) in [6, 6.07) is 28.0. The molecule has 2 saturated heterocycles. The Bertz CT molecular complexity index is 2900. The number of pyridine rings is 2. The average Bonchev–Trinajstić information content (AvgIpc) is 3.37. The number of benzene rings is 4. The van der Waals surface area contributed by atoms with Crippen molar-refractivity contribution in [3.8, 4) is 34.5 Å². The van der Waals surface area contributed by atoms with E-state index in [9.17, 15) is 14.4 Å². The molecule has 69 heavy (non-hydrogen) atoms. The lowest BCUT2D eigenvalue weighted by atomic mass is 10.0. The second-order valence-electron chi connectivity index (χ2n) is 17.9. The number of hydrogen-bond acceptors (Lipinski definition) is 15. The summed E-state index contributed by atoms with van der Waals surface area (Å²) in [5.74, 6) is 4.62. The van der Waals surface area contributed by atoms with Crippen molar-refractivity contribution in [3.05, 3.63) is 96.3 Å². The van der Waals surface area contributed by atoms with Gasteiger partial charge in [0, 0.05) is 91.7 Å². The summed E-state index contributed by atoms with van der Waals surface area (Å²) < 4.78 is 34.6. The normalized spacial score (nSPS) is 19.3. The first-order valence-electron chi connectivity index (χ1n) is 23.6. The molecule has 17 heteroatoms. The molecule has 2 atom stereocenters. The number of hydrogen-bond donors (Lipinski definition) is 4. The highest BCUT2D eigenvalue weighted by Gasteiger charge is 2.28. The van der Waals surface area contributed by atoms with Crippen LogP contribution in [0.1, 0.15) is 37.1 Å². The van der Waals surface area contributed by atoms with Gasteiger partial charge in [0.15, 0.2) is 36.2 Å². The number of ketones is 1. The SMILES string of the molecule is Cc1ccc2c3c(ccc2n1)OC[C@H](CN)O3.Cc1ccc2c3c(ccc2n1)OC[C@H](CNC1CCN(c2ccc4c(c2)NC(=O)CO4)CC1)O3.O=C1CCN(c2ccc3c(c2)NC(=O)CO3)CC1. The van der Waals surface area contributed by atoms with Crippen molar-refractivity contribution in [2.45, 2.75) is 57.8 Å². The zero-order valence-electron chi connectivity index (χ0n) is 38.8. The summed E-state index contributed by atoms with van der Waals surface area (Å²) >= 11 is 0. The van der Waals surface area contributed by atoms with Crippen molar-refractivity contribution in [2.75, 3.05) is 86.1 Å². The summed E-state index contributed by atoms with van der Waals surface area (Å²) in [6.45, 7) is 9.74. The van der Waals surface area contributed by atoms with Crippen molar-refractivity contribution >= 4 is 62.2 Å². The van der Waals surface area contributed by atoms with Crippen LogP contribution in [0.15, 0.2) is 84.9 Å². The van der Waals surface area contributed by atoms with E-state index in [1.54, 1.807) is 0 Å². The van der Waals surface area contributed by atoms with Crippen LogP contribution in [0.4, 0.5) is 22.7 Å². The molecule has 8 heterocycles. The number of carbonyl (C=O) groups is 3. The minimum Gasteiger partial charge on any atom is -0.486 e. The number of anilines is 4. The number of fused-ring (bicyclic) bond motifs is 8. The van der Waals surface area contributed by atoms with Crippen molar-refractivity contribution in [1.29, 1.82) is 0 Å². The molecule has 2 amide bonds. The summed E-state index contributed by atoms with van der Waals surface area (Å²) in [5, 5.41) is 11.3. The van der Waals surface area contributed by atoms with Gasteiger partial charge < -0.3 is 59.9 Å². The lowest BCUT2D eigenvalue weighted by Gasteiger charge is -2.35. The van der Waals surface area contributed by atoms with Gasteiger partial charge in [-0.25, -0.2) is 0 Å². The number of ether oxygens (including phenoxy) is 6. The largest absolute Gasteiger partial charge is 0.486 e. The molecule has 6 aliphatic rings. The maximum absolute atomic E-state index is 11.6. The zero-order valence-corrected chi connectivity index (χ0v) is 38.8. The molecule has 0 radical (unpaired) electrons. The molecule has 17 nitrogen and oxygen atoms in total. The number of aromatic nitrogens is 2. The Kier molecular flexibility index (Phi) is 13.2. The average molecular weight is 937 g/mol. The van der Waals surface area contributed by atoms with Crippen LogP contribution in [0.3, 0.4) is 0 Å². The Morgan fingerprint density at radius 1 is 0.609 bits per heavy atom. The summed E-state index contributed by atoms with van der Waals surface area (Å²) in [5.41, 5.74) is 13.0. The molecule has 6 aromatic rings. The van der Waals surface area contributed by atoms with Crippen LogP contribution in [0.2, 0.25) is 0 Å². The summed E-state index contributed by atoms with van der Waals surface area (Å²) in [4.78, 5) is 47.7.